The van der Waals surface area contributed by atoms with E-state index in [0.29, 0.717) is 37.6 Å². The second kappa shape index (κ2) is 11.0. The van der Waals surface area contributed by atoms with Crippen LogP contribution in [0.15, 0.2) is 47.3 Å². The second-order valence-electron chi connectivity index (χ2n) is 8.85. The van der Waals surface area contributed by atoms with Crippen LogP contribution >= 0.6 is 0 Å². The highest BCUT2D eigenvalue weighted by atomic mass is 16.7. The van der Waals surface area contributed by atoms with E-state index >= 15 is 0 Å². The molecule has 0 amide bonds. The topological polar surface area (TPSA) is 117 Å². The molecule has 2 aromatic heterocycles. The summed E-state index contributed by atoms with van der Waals surface area (Å²) < 4.78 is 23.5. The van der Waals surface area contributed by atoms with Gasteiger partial charge in [-0.05, 0) is 58.8 Å². The molecule has 0 saturated heterocycles. The Hall–Kier alpha value is -3.96. The maximum atomic E-state index is 13.1. The summed E-state index contributed by atoms with van der Waals surface area (Å²) in [5, 5.41) is 13.4. The second-order valence-corrected chi connectivity index (χ2v) is 8.85. The van der Waals surface area contributed by atoms with E-state index in [4.69, 9.17) is 18.9 Å². The Kier molecular flexibility index (Phi) is 7.33. The Morgan fingerprint density at radius 1 is 1.11 bits per heavy atom. The molecule has 2 aromatic carbocycles. The van der Waals surface area contributed by atoms with Crippen LogP contribution in [0, 0.1) is 0 Å². The predicted octanol–water partition coefficient (Wildman–Crippen LogP) is 3.05. The van der Waals surface area contributed by atoms with Gasteiger partial charge in [0, 0.05) is 36.7 Å². The fourth-order valence-corrected chi connectivity index (χ4v) is 4.63. The summed E-state index contributed by atoms with van der Waals surface area (Å²) in [5.74, 6) is 2.89. The number of H-pyrrole nitrogens is 1. The number of nitrogens with zero attached hydrogens (tertiary/aromatic N) is 5. The predicted molar refractivity (Wildman–Crippen MR) is 136 cm³/mol. The van der Waals surface area contributed by atoms with Gasteiger partial charge < -0.3 is 23.9 Å². The average Bonchev–Trinajstić information content (AvgIpc) is 3.57. The third kappa shape index (κ3) is 5.27. The van der Waals surface area contributed by atoms with Crippen LogP contribution in [0.3, 0.4) is 0 Å². The Bertz CT molecular complexity index is 1430. The first-order valence-corrected chi connectivity index (χ1v) is 12.2. The van der Waals surface area contributed by atoms with Crippen LogP contribution in [-0.2, 0) is 24.4 Å². The van der Waals surface area contributed by atoms with Crippen molar-refractivity contribution in [3.8, 4) is 17.2 Å². The summed E-state index contributed by atoms with van der Waals surface area (Å²) in [5.41, 5.74) is 2.28. The van der Waals surface area contributed by atoms with Gasteiger partial charge in [0.2, 0.25) is 6.79 Å². The molecule has 0 bridgehead atoms. The average molecular weight is 507 g/mol. The van der Waals surface area contributed by atoms with Gasteiger partial charge in [-0.3, -0.25) is 9.69 Å². The third-order valence-corrected chi connectivity index (χ3v) is 6.52. The smallest absolute Gasteiger partial charge is 0.252 e. The molecule has 0 radical (unpaired) electrons. The molecule has 5 rings (SSSR count). The van der Waals surface area contributed by atoms with Crippen LogP contribution in [0.25, 0.3) is 10.9 Å². The number of rotatable bonds is 11. The minimum Gasteiger partial charge on any atom is -0.497 e. The molecule has 1 aliphatic heterocycles. The molecule has 1 aliphatic rings. The Balaban J connectivity index is 1.52. The first kappa shape index (κ1) is 24.7. The van der Waals surface area contributed by atoms with Crippen molar-refractivity contribution in [2.75, 3.05) is 27.6 Å². The minimum atomic E-state index is -0.155. The number of aromatic amines is 1. The van der Waals surface area contributed by atoms with Gasteiger partial charge in [-0.15, -0.1) is 5.10 Å². The molecule has 0 spiro atoms. The maximum Gasteiger partial charge on any atom is 0.252 e. The van der Waals surface area contributed by atoms with Gasteiger partial charge in [-0.2, -0.15) is 0 Å². The number of aromatic nitrogens is 5. The molecule has 194 valence electrons. The molecule has 0 saturated carbocycles. The van der Waals surface area contributed by atoms with Gasteiger partial charge in [-0.25, -0.2) is 4.68 Å². The number of fused-ring (bicyclic) bond motifs is 2. The standard InChI is InChI=1S/C26H30N6O5/c1-4-22(25-28-29-30-32(25)9-10-34-2)31(14-17-5-8-23-24(11-17)37-16-36-23)15-19-12-18-13-20(35-3)6-7-21(18)27-26(19)33/h5-8,11-13,22H,4,9-10,14-16H2,1-3H3,(H,27,33)/t22-/m0/s1. The normalized spacial score (nSPS) is 13.4. The quantitative estimate of drug-likeness (QED) is 0.328. The zero-order chi connectivity index (χ0) is 25.8. The zero-order valence-electron chi connectivity index (χ0n) is 21.1. The summed E-state index contributed by atoms with van der Waals surface area (Å²) >= 11 is 0. The van der Waals surface area contributed by atoms with Crippen molar-refractivity contribution in [1.82, 2.24) is 30.1 Å². The number of hydrogen-bond acceptors (Lipinski definition) is 9. The highest BCUT2D eigenvalue weighted by Crippen LogP contribution is 2.34. The van der Waals surface area contributed by atoms with E-state index in [0.717, 1.165) is 40.2 Å². The number of ether oxygens (including phenoxy) is 4. The van der Waals surface area contributed by atoms with Gasteiger partial charge in [-0.1, -0.05) is 13.0 Å². The largest absolute Gasteiger partial charge is 0.497 e. The summed E-state index contributed by atoms with van der Waals surface area (Å²) in [6.07, 6.45) is 0.733. The van der Waals surface area contributed by atoms with Gasteiger partial charge in [0.15, 0.2) is 17.3 Å². The lowest BCUT2D eigenvalue weighted by atomic mass is 10.1. The molecular formula is C26H30N6O5. The first-order valence-electron chi connectivity index (χ1n) is 12.2. The van der Waals surface area contributed by atoms with Crippen molar-refractivity contribution in [2.45, 2.75) is 39.0 Å². The van der Waals surface area contributed by atoms with Gasteiger partial charge in [0.05, 0.1) is 26.3 Å². The first-order chi connectivity index (χ1) is 18.1. The highest BCUT2D eigenvalue weighted by Gasteiger charge is 2.27. The lowest BCUT2D eigenvalue weighted by Gasteiger charge is -2.30. The number of benzene rings is 2. The molecule has 11 heteroatoms. The molecule has 3 heterocycles. The minimum absolute atomic E-state index is 0.137. The summed E-state index contributed by atoms with van der Waals surface area (Å²) in [4.78, 5) is 18.3. The van der Waals surface area contributed by atoms with Crippen LogP contribution in [-0.4, -0.2) is 57.7 Å². The number of methoxy groups -OCH3 is 2. The molecule has 1 N–H and O–H groups in total. The van der Waals surface area contributed by atoms with Gasteiger partial charge in [0.25, 0.3) is 5.56 Å². The van der Waals surface area contributed by atoms with E-state index < -0.39 is 0 Å². The van der Waals surface area contributed by atoms with Crippen molar-refractivity contribution in [2.24, 2.45) is 0 Å². The zero-order valence-corrected chi connectivity index (χ0v) is 21.1. The Morgan fingerprint density at radius 3 is 2.78 bits per heavy atom. The Morgan fingerprint density at radius 2 is 1.97 bits per heavy atom. The van der Waals surface area contributed by atoms with E-state index in [2.05, 4.69) is 32.3 Å². The van der Waals surface area contributed by atoms with Crippen molar-refractivity contribution < 1.29 is 18.9 Å². The summed E-state index contributed by atoms with van der Waals surface area (Å²) in [7, 11) is 3.27. The fourth-order valence-electron chi connectivity index (χ4n) is 4.63. The SMILES string of the molecule is CC[C@@H](c1nnnn1CCOC)N(Cc1ccc2c(c1)OCO2)Cc1cc2cc(OC)ccc2[nH]c1=O. The van der Waals surface area contributed by atoms with Crippen LogP contribution < -0.4 is 19.8 Å². The molecular weight excluding hydrogens is 476 g/mol. The fraction of sp³-hybridized carbons (Fsp3) is 0.385. The van der Waals surface area contributed by atoms with Crippen LogP contribution in [0.5, 0.6) is 17.2 Å². The maximum absolute atomic E-state index is 13.1. The van der Waals surface area contributed by atoms with E-state index in [-0.39, 0.29) is 18.4 Å². The molecule has 4 aromatic rings. The molecule has 0 aliphatic carbocycles. The molecule has 0 fully saturated rings. The number of nitrogens with one attached hydrogen (secondary N) is 1. The lowest BCUT2D eigenvalue weighted by Crippen LogP contribution is -2.32. The number of tetrazole rings is 1. The molecule has 37 heavy (non-hydrogen) atoms. The number of pyridine rings is 1. The van der Waals surface area contributed by atoms with Crippen LogP contribution in [0.1, 0.15) is 36.3 Å². The lowest BCUT2D eigenvalue weighted by molar-refractivity contribution is 0.150. The van der Waals surface area contributed by atoms with E-state index in [1.807, 2.05) is 42.5 Å². The van der Waals surface area contributed by atoms with E-state index in [9.17, 15) is 4.79 Å². The van der Waals surface area contributed by atoms with E-state index in [1.165, 1.54) is 0 Å². The molecule has 11 nitrogen and oxygen atoms in total. The molecule has 0 unspecified atom stereocenters. The summed E-state index contributed by atoms with van der Waals surface area (Å²) in [6.45, 7) is 4.24. The van der Waals surface area contributed by atoms with E-state index in [1.54, 1.807) is 18.9 Å². The van der Waals surface area contributed by atoms with Gasteiger partial charge >= 0.3 is 0 Å². The molecule has 1 atom stereocenters. The number of hydrogen-bond donors (Lipinski definition) is 1. The van der Waals surface area contributed by atoms with Crippen molar-refractivity contribution >= 4 is 10.9 Å². The van der Waals surface area contributed by atoms with Crippen molar-refractivity contribution in [1.29, 1.82) is 0 Å². The Labute approximate surface area is 213 Å². The third-order valence-electron chi connectivity index (χ3n) is 6.52. The van der Waals surface area contributed by atoms with Crippen LogP contribution in [0.4, 0.5) is 0 Å². The monoisotopic (exact) mass is 506 g/mol. The van der Waals surface area contributed by atoms with Gasteiger partial charge in [0.1, 0.15) is 5.75 Å². The van der Waals surface area contributed by atoms with Crippen LogP contribution in [0.2, 0.25) is 0 Å². The summed E-state index contributed by atoms with van der Waals surface area (Å²) in [6, 6.07) is 13.3. The highest BCUT2D eigenvalue weighted by molar-refractivity contribution is 5.80. The van der Waals surface area contributed by atoms with Crippen molar-refractivity contribution in [3.05, 3.63) is 69.8 Å². The van der Waals surface area contributed by atoms with Crippen molar-refractivity contribution in [3.63, 3.8) is 0 Å².